The van der Waals surface area contributed by atoms with E-state index in [2.05, 4.69) is 48.8 Å². The molecule has 0 unspecified atom stereocenters. The first-order chi connectivity index (χ1) is 17.3. The first kappa shape index (κ1) is 23.3. The highest BCUT2D eigenvalue weighted by atomic mass is 32.1. The van der Waals surface area contributed by atoms with E-state index in [1.54, 1.807) is 25.2 Å². The van der Waals surface area contributed by atoms with Gasteiger partial charge in [-0.25, -0.2) is 9.97 Å². The average molecular weight is 505 g/mol. The number of nitrogens with one attached hydrogen (secondary N) is 2. The Morgan fingerprint density at radius 3 is 2.58 bits per heavy atom. The molecule has 2 aliphatic rings. The summed E-state index contributed by atoms with van der Waals surface area (Å²) in [7, 11) is 0. The summed E-state index contributed by atoms with van der Waals surface area (Å²) in [6.45, 7) is 7.83. The number of aliphatic hydroxyl groups is 1. The van der Waals surface area contributed by atoms with E-state index < -0.39 is 5.60 Å². The second-order valence-corrected chi connectivity index (χ2v) is 11.3. The molecule has 1 saturated heterocycles. The van der Waals surface area contributed by atoms with E-state index in [9.17, 15) is 5.11 Å². The third-order valence-corrected chi connectivity index (χ3v) is 8.02. The zero-order valence-electron chi connectivity index (χ0n) is 20.9. The van der Waals surface area contributed by atoms with Crippen molar-refractivity contribution in [3.05, 3.63) is 47.2 Å². The Morgan fingerprint density at radius 2 is 1.83 bits per heavy atom. The molecule has 10 heteroatoms. The second kappa shape index (κ2) is 9.10. The summed E-state index contributed by atoms with van der Waals surface area (Å²) in [5, 5.41) is 24.8. The van der Waals surface area contributed by atoms with Crippen LogP contribution in [0.2, 0.25) is 0 Å². The lowest BCUT2D eigenvalue weighted by Gasteiger charge is -2.31. The van der Waals surface area contributed by atoms with Crippen LogP contribution >= 0.6 is 11.3 Å². The van der Waals surface area contributed by atoms with Crippen LogP contribution < -0.4 is 10.6 Å². The lowest BCUT2D eigenvalue weighted by Crippen LogP contribution is -2.36. The monoisotopic (exact) mass is 504 g/mol. The fourth-order valence-corrected chi connectivity index (χ4v) is 5.80. The van der Waals surface area contributed by atoms with Crippen molar-refractivity contribution in [3.63, 3.8) is 0 Å². The molecule has 0 spiro atoms. The van der Waals surface area contributed by atoms with Gasteiger partial charge in [0.2, 0.25) is 5.95 Å². The van der Waals surface area contributed by atoms with Crippen LogP contribution in [0.5, 0.6) is 0 Å². The molecule has 4 aromatic rings. The number of likely N-dealkylation sites (tertiary alicyclic amines) is 1. The van der Waals surface area contributed by atoms with Crippen LogP contribution in [0.3, 0.4) is 0 Å². The zero-order valence-corrected chi connectivity index (χ0v) is 21.7. The molecule has 5 heterocycles. The highest BCUT2D eigenvalue weighted by molar-refractivity contribution is 7.17. The van der Waals surface area contributed by atoms with Crippen molar-refractivity contribution in [2.24, 2.45) is 0 Å². The normalized spacial score (nSPS) is 17.6. The lowest BCUT2D eigenvalue weighted by atomic mass is 10.1. The fourth-order valence-electron chi connectivity index (χ4n) is 4.88. The van der Waals surface area contributed by atoms with E-state index in [0.29, 0.717) is 29.3 Å². The third-order valence-electron chi connectivity index (χ3n) is 7.03. The van der Waals surface area contributed by atoms with Gasteiger partial charge in [-0.15, -0.1) is 11.3 Å². The summed E-state index contributed by atoms with van der Waals surface area (Å²) in [5.74, 6) is 1.81. The first-order valence-corrected chi connectivity index (χ1v) is 13.5. The van der Waals surface area contributed by atoms with Gasteiger partial charge in [0.1, 0.15) is 22.1 Å². The van der Waals surface area contributed by atoms with E-state index in [1.807, 2.05) is 24.4 Å². The average Bonchev–Trinajstić information content (AvgIpc) is 3.50. The molecule has 0 amide bonds. The molecule has 36 heavy (non-hydrogen) atoms. The maximum atomic E-state index is 10.4. The van der Waals surface area contributed by atoms with Crippen molar-refractivity contribution < 1.29 is 5.11 Å². The van der Waals surface area contributed by atoms with Crippen molar-refractivity contribution >= 4 is 44.8 Å². The molecule has 0 radical (unpaired) electrons. The van der Waals surface area contributed by atoms with Crippen LogP contribution in [0, 0.1) is 6.92 Å². The van der Waals surface area contributed by atoms with Crippen molar-refractivity contribution in [1.82, 2.24) is 29.6 Å². The maximum Gasteiger partial charge on any atom is 0.230 e. The van der Waals surface area contributed by atoms with Crippen LogP contribution in [0.4, 0.5) is 23.3 Å². The minimum atomic E-state index is -1.03. The van der Waals surface area contributed by atoms with E-state index in [-0.39, 0.29) is 0 Å². The maximum absolute atomic E-state index is 10.4. The van der Waals surface area contributed by atoms with Crippen molar-refractivity contribution in [1.29, 1.82) is 0 Å². The van der Waals surface area contributed by atoms with E-state index in [0.717, 1.165) is 53.4 Å². The molecule has 1 aliphatic heterocycles. The molecule has 1 aliphatic carbocycles. The topological polar surface area (TPSA) is 104 Å². The molecule has 6 rings (SSSR count). The van der Waals surface area contributed by atoms with Crippen LogP contribution in [0.15, 0.2) is 36.0 Å². The predicted octanol–water partition coefficient (Wildman–Crippen LogP) is 5.11. The van der Waals surface area contributed by atoms with Crippen molar-refractivity contribution in [2.45, 2.75) is 64.1 Å². The SMILES string of the molecule is Cc1csc2nc(Nc3cnn(C4CCN(C5CC5)CC4)c3)nc(Nc3cccc(C(C)(C)O)n3)c12. The quantitative estimate of drug-likeness (QED) is 0.319. The second-order valence-electron chi connectivity index (χ2n) is 10.4. The number of nitrogens with zero attached hydrogens (tertiary/aromatic N) is 6. The number of rotatable bonds is 7. The lowest BCUT2D eigenvalue weighted by molar-refractivity contribution is 0.0740. The Hall–Kier alpha value is -3.08. The summed E-state index contributed by atoms with van der Waals surface area (Å²) in [5.41, 5.74) is 1.54. The Balaban J connectivity index is 1.23. The molecule has 2 fully saturated rings. The van der Waals surface area contributed by atoms with Gasteiger partial charge in [0.05, 0.1) is 29.0 Å². The highest BCUT2D eigenvalue weighted by Gasteiger charge is 2.32. The number of fused-ring (bicyclic) bond motifs is 1. The number of anilines is 4. The van der Waals surface area contributed by atoms with Gasteiger partial charge in [0.25, 0.3) is 0 Å². The molecule has 0 atom stereocenters. The van der Waals surface area contributed by atoms with Crippen LogP contribution in [-0.2, 0) is 5.60 Å². The van der Waals surface area contributed by atoms with Crippen LogP contribution in [0.25, 0.3) is 10.2 Å². The largest absolute Gasteiger partial charge is 0.384 e. The van der Waals surface area contributed by atoms with Gasteiger partial charge in [0.15, 0.2) is 0 Å². The fraction of sp³-hybridized carbons (Fsp3) is 0.462. The molecule has 188 valence electrons. The molecular weight excluding hydrogens is 472 g/mol. The Labute approximate surface area is 214 Å². The van der Waals surface area contributed by atoms with Crippen LogP contribution in [0.1, 0.15) is 56.8 Å². The van der Waals surface area contributed by atoms with Crippen molar-refractivity contribution in [3.8, 4) is 0 Å². The van der Waals surface area contributed by atoms with Gasteiger partial charge in [-0.2, -0.15) is 10.1 Å². The Morgan fingerprint density at radius 1 is 1.03 bits per heavy atom. The summed E-state index contributed by atoms with van der Waals surface area (Å²) < 4.78 is 2.09. The molecular formula is C26H32N8OS. The number of thiophene rings is 1. The standard InChI is InChI=1S/C26H32N8OS/c1-16-15-36-24-22(16)23(30-21-6-4-5-20(29-21)26(2,3)35)31-25(32-24)28-17-13-27-34(14-17)19-9-11-33(12-10-19)18-7-8-18/h4-6,13-15,18-19,35H,7-12H2,1-3H3,(H2,28,29,30,31,32). The van der Waals surface area contributed by atoms with Gasteiger partial charge >= 0.3 is 0 Å². The minimum absolute atomic E-state index is 0.435. The molecule has 1 saturated carbocycles. The molecule has 0 bridgehead atoms. The number of aryl methyl sites for hydroxylation is 1. The summed E-state index contributed by atoms with van der Waals surface area (Å²) in [4.78, 5) is 17.7. The summed E-state index contributed by atoms with van der Waals surface area (Å²) in [6, 6.07) is 6.84. The molecule has 0 aromatic carbocycles. The summed E-state index contributed by atoms with van der Waals surface area (Å²) >= 11 is 1.59. The number of piperidine rings is 1. The number of pyridine rings is 1. The Kier molecular flexibility index (Phi) is 5.89. The van der Waals surface area contributed by atoms with Crippen molar-refractivity contribution in [2.75, 3.05) is 23.7 Å². The summed E-state index contributed by atoms with van der Waals surface area (Å²) in [6.07, 6.45) is 8.92. The zero-order chi connectivity index (χ0) is 24.9. The number of hydrogen-bond donors (Lipinski definition) is 3. The van der Waals surface area contributed by atoms with Gasteiger partial charge in [-0.05, 0) is 69.5 Å². The van der Waals surface area contributed by atoms with Gasteiger partial charge in [-0.3, -0.25) is 4.68 Å². The van der Waals surface area contributed by atoms with Crippen LogP contribution in [-0.4, -0.2) is 53.9 Å². The predicted molar refractivity (Wildman–Crippen MR) is 143 cm³/mol. The Bertz CT molecular complexity index is 1380. The molecule has 9 nitrogen and oxygen atoms in total. The number of aromatic nitrogens is 5. The first-order valence-electron chi connectivity index (χ1n) is 12.6. The molecule has 3 N–H and O–H groups in total. The van der Waals surface area contributed by atoms with Gasteiger partial charge in [0, 0.05) is 25.3 Å². The molecule has 4 aromatic heterocycles. The highest BCUT2D eigenvalue weighted by Crippen LogP contribution is 2.34. The number of hydrogen-bond acceptors (Lipinski definition) is 9. The third kappa shape index (κ3) is 4.80. The van der Waals surface area contributed by atoms with E-state index in [1.165, 1.54) is 12.8 Å². The van der Waals surface area contributed by atoms with E-state index in [4.69, 9.17) is 9.97 Å². The van der Waals surface area contributed by atoms with E-state index >= 15 is 0 Å². The van der Waals surface area contributed by atoms with Gasteiger partial charge < -0.3 is 20.6 Å². The van der Waals surface area contributed by atoms with Gasteiger partial charge in [-0.1, -0.05) is 6.07 Å². The minimum Gasteiger partial charge on any atom is -0.384 e. The smallest absolute Gasteiger partial charge is 0.230 e.